The molecule has 0 aliphatic heterocycles. The lowest BCUT2D eigenvalue weighted by atomic mass is 10.1. The highest BCUT2D eigenvalue weighted by atomic mass is 16.1. The highest BCUT2D eigenvalue weighted by Crippen LogP contribution is 2.24. The number of nitrogens with zero attached hydrogens (tertiary/aromatic N) is 4. The number of carbonyl (C=O) groups is 1. The summed E-state index contributed by atoms with van der Waals surface area (Å²) in [5, 5.41) is 12.4. The van der Waals surface area contributed by atoms with Gasteiger partial charge in [-0.05, 0) is 51.1 Å². The summed E-state index contributed by atoms with van der Waals surface area (Å²) >= 11 is 0. The summed E-state index contributed by atoms with van der Waals surface area (Å²) in [4.78, 5) is 12.9. The van der Waals surface area contributed by atoms with Gasteiger partial charge in [-0.3, -0.25) is 9.20 Å². The Bertz CT molecular complexity index is 1090. The fraction of sp³-hybridized carbons (Fsp3) is 0.250. The van der Waals surface area contributed by atoms with Crippen LogP contribution in [0, 0.1) is 0 Å². The maximum atomic E-state index is 12.9. The van der Waals surface area contributed by atoms with Crippen molar-refractivity contribution in [2.75, 3.05) is 0 Å². The Balaban J connectivity index is 1.65. The van der Waals surface area contributed by atoms with E-state index in [1.54, 1.807) is 0 Å². The zero-order chi connectivity index (χ0) is 18.3. The molecule has 1 N–H and O–H groups in total. The van der Waals surface area contributed by atoms with Crippen LogP contribution in [0.25, 0.3) is 16.6 Å². The molecule has 0 aliphatic rings. The first-order chi connectivity index (χ1) is 12.6. The minimum Gasteiger partial charge on any atom is -0.345 e. The maximum Gasteiger partial charge on any atom is 0.252 e. The molecule has 0 saturated carbocycles. The lowest BCUT2D eigenvalue weighted by Gasteiger charge is -2.14. The average molecular weight is 347 g/mol. The van der Waals surface area contributed by atoms with Crippen LogP contribution in [-0.2, 0) is 0 Å². The number of pyridine rings is 1. The van der Waals surface area contributed by atoms with Gasteiger partial charge in [0.25, 0.3) is 5.91 Å². The number of nitrogens with one attached hydrogen (secondary N) is 1. The predicted molar refractivity (Wildman–Crippen MR) is 101 cm³/mol. The quantitative estimate of drug-likeness (QED) is 0.611. The summed E-state index contributed by atoms with van der Waals surface area (Å²) in [6.07, 6.45) is 3.93. The Morgan fingerprint density at radius 3 is 2.65 bits per heavy atom. The van der Waals surface area contributed by atoms with E-state index in [4.69, 9.17) is 0 Å². The summed E-state index contributed by atoms with van der Waals surface area (Å²) in [5.74, 6) is 0.596. The molecule has 6 nitrogen and oxygen atoms in total. The van der Waals surface area contributed by atoms with E-state index in [0.717, 1.165) is 16.6 Å². The number of hydrogen-bond donors (Lipinski definition) is 1. The Morgan fingerprint density at radius 1 is 1.00 bits per heavy atom. The highest BCUT2D eigenvalue weighted by molar-refractivity contribution is 6.06. The van der Waals surface area contributed by atoms with Gasteiger partial charge in [-0.2, -0.15) is 0 Å². The minimum absolute atomic E-state index is 0.114. The molecule has 0 saturated heterocycles. The lowest BCUT2D eigenvalue weighted by molar-refractivity contribution is 0.0940. The number of rotatable bonds is 4. The molecular weight excluding hydrogens is 326 g/mol. The average Bonchev–Trinajstić information content (AvgIpc) is 3.25. The standard InChI is InChI=1S/C20H21N5O/c1-13(2)24-12-10-15-16(7-6-8-17(15)24)20(26)21-14(3)19-23-22-18-9-4-5-11-25(18)19/h4-14H,1-3H3,(H,21,26)/t14-/m0/s1. The molecule has 1 aromatic carbocycles. The summed E-state index contributed by atoms with van der Waals surface area (Å²) in [6, 6.07) is 13.6. The van der Waals surface area contributed by atoms with Crippen molar-refractivity contribution in [3.63, 3.8) is 0 Å². The van der Waals surface area contributed by atoms with Crippen molar-refractivity contribution in [1.82, 2.24) is 24.5 Å². The van der Waals surface area contributed by atoms with E-state index in [9.17, 15) is 4.79 Å². The number of carbonyl (C=O) groups excluding carboxylic acids is 1. The Hall–Kier alpha value is -3.15. The maximum absolute atomic E-state index is 12.9. The lowest BCUT2D eigenvalue weighted by Crippen LogP contribution is -2.28. The number of benzene rings is 1. The molecular formula is C20H21N5O. The fourth-order valence-electron chi connectivity index (χ4n) is 3.33. The van der Waals surface area contributed by atoms with E-state index in [1.807, 2.05) is 66.2 Å². The molecule has 1 atom stereocenters. The molecule has 0 unspecified atom stereocenters. The Kier molecular flexibility index (Phi) is 3.95. The third-order valence-corrected chi connectivity index (χ3v) is 4.64. The Labute approximate surface area is 151 Å². The van der Waals surface area contributed by atoms with Crippen LogP contribution in [-0.4, -0.2) is 25.1 Å². The van der Waals surface area contributed by atoms with Crippen LogP contribution in [0.15, 0.2) is 54.9 Å². The topological polar surface area (TPSA) is 64.2 Å². The second-order valence-corrected chi connectivity index (χ2v) is 6.74. The molecule has 0 fully saturated rings. The molecule has 0 radical (unpaired) electrons. The number of aromatic nitrogens is 4. The van der Waals surface area contributed by atoms with Crippen molar-refractivity contribution < 1.29 is 4.79 Å². The zero-order valence-electron chi connectivity index (χ0n) is 15.0. The smallest absolute Gasteiger partial charge is 0.252 e. The molecule has 0 bridgehead atoms. The largest absolute Gasteiger partial charge is 0.345 e. The van der Waals surface area contributed by atoms with Crippen molar-refractivity contribution in [3.8, 4) is 0 Å². The van der Waals surface area contributed by atoms with Gasteiger partial charge >= 0.3 is 0 Å². The summed E-state index contributed by atoms with van der Waals surface area (Å²) in [5.41, 5.74) is 2.50. The van der Waals surface area contributed by atoms with Crippen LogP contribution < -0.4 is 5.32 Å². The summed E-state index contributed by atoms with van der Waals surface area (Å²) in [7, 11) is 0. The first-order valence-corrected chi connectivity index (χ1v) is 8.76. The first-order valence-electron chi connectivity index (χ1n) is 8.76. The number of hydrogen-bond acceptors (Lipinski definition) is 3. The van der Waals surface area contributed by atoms with Gasteiger partial charge in [-0.15, -0.1) is 10.2 Å². The molecule has 4 aromatic rings. The van der Waals surface area contributed by atoms with E-state index >= 15 is 0 Å². The predicted octanol–water partition coefficient (Wildman–Crippen LogP) is 3.76. The van der Waals surface area contributed by atoms with E-state index in [-0.39, 0.29) is 11.9 Å². The van der Waals surface area contributed by atoms with Gasteiger partial charge in [-0.1, -0.05) is 12.1 Å². The van der Waals surface area contributed by atoms with Gasteiger partial charge in [-0.25, -0.2) is 0 Å². The van der Waals surface area contributed by atoms with E-state index < -0.39 is 0 Å². The third-order valence-electron chi connectivity index (χ3n) is 4.64. The number of fused-ring (bicyclic) bond motifs is 2. The van der Waals surface area contributed by atoms with Crippen LogP contribution >= 0.6 is 0 Å². The highest BCUT2D eigenvalue weighted by Gasteiger charge is 2.19. The van der Waals surface area contributed by atoms with Gasteiger partial charge < -0.3 is 9.88 Å². The SMILES string of the molecule is CC(C)n1ccc2c(C(=O)N[C@@H](C)c3nnc4ccccn34)cccc21. The molecule has 3 heterocycles. The van der Waals surface area contributed by atoms with E-state index in [1.165, 1.54) is 0 Å². The van der Waals surface area contributed by atoms with Crippen molar-refractivity contribution in [2.24, 2.45) is 0 Å². The normalized spacial score (nSPS) is 12.8. The van der Waals surface area contributed by atoms with Gasteiger partial charge in [0, 0.05) is 34.9 Å². The van der Waals surface area contributed by atoms with Gasteiger partial charge in [0.15, 0.2) is 11.5 Å². The van der Waals surface area contributed by atoms with Gasteiger partial charge in [0.1, 0.15) is 0 Å². The van der Waals surface area contributed by atoms with Crippen LogP contribution in [0.5, 0.6) is 0 Å². The summed E-state index contributed by atoms with van der Waals surface area (Å²) in [6.45, 7) is 6.18. The monoisotopic (exact) mass is 347 g/mol. The van der Waals surface area contributed by atoms with Crippen LogP contribution in [0.2, 0.25) is 0 Å². The molecule has 0 spiro atoms. The van der Waals surface area contributed by atoms with E-state index in [2.05, 4.69) is 33.9 Å². The molecule has 1 amide bonds. The molecule has 4 rings (SSSR count). The molecule has 26 heavy (non-hydrogen) atoms. The zero-order valence-corrected chi connectivity index (χ0v) is 15.0. The van der Waals surface area contributed by atoms with Gasteiger partial charge in [0.2, 0.25) is 0 Å². The molecule has 3 aromatic heterocycles. The molecule has 0 aliphatic carbocycles. The molecule has 6 heteroatoms. The second-order valence-electron chi connectivity index (χ2n) is 6.74. The second kappa shape index (κ2) is 6.29. The Morgan fingerprint density at radius 2 is 1.85 bits per heavy atom. The minimum atomic E-state index is -0.262. The first kappa shape index (κ1) is 16.3. The third kappa shape index (κ3) is 2.63. The van der Waals surface area contributed by atoms with Crippen molar-refractivity contribution in [1.29, 1.82) is 0 Å². The number of amides is 1. The van der Waals surface area contributed by atoms with E-state index in [0.29, 0.717) is 17.4 Å². The van der Waals surface area contributed by atoms with Crippen molar-refractivity contribution in [2.45, 2.75) is 32.9 Å². The van der Waals surface area contributed by atoms with Crippen LogP contribution in [0.4, 0.5) is 0 Å². The van der Waals surface area contributed by atoms with Crippen LogP contribution in [0.1, 0.15) is 49.0 Å². The van der Waals surface area contributed by atoms with Crippen LogP contribution in [0.3, 0.4) is 0 Å². The fourth-order valence-corrected chi connectivity index (χ4v) is 3.33. The molecule has 132 valence electrons. The van der Waals surface area contributed by atoms with Gasteiger partial charge in [0.05, 0.1) is 6.04 Å². The summed E-state index contributed by atoms with van der Waals surface area (Å²) < 4.78 is 4.06. The van der Waals surface area contributed by atoms with Crippen molar-refractivity contribution in [3.05, 3.63) is 66.2 Å². The van der Waals surface area contributed by atoms with Crippen molar-refractivity contribution >= 4 is 22.5 Å².